The molecule has 0 aliphatic carbocycles. The molecule has 22 heavy (non-hydrogen) atoms. The lowest BCUT2D eigenvalue weighted by atomic mass is 10.1. The summed E-state index contributed by atoms with van der Waals surface area (Å²) in [5.74, 6) is 0.0754. The predicted molar refractivity (Wildman–Crippen MR) is 96.0 cm³/mol. The minimum Gasteiger partial charge on any atom is -0.481 e. The van der Waals surface area contributed by atoms with Gasteiger partial charge in [-0.15, -0.1) is 0 Å². The largest absolute Gasteiger partial charge is 0.481 e. The third-order valence-electron chi connectivity index (χ3n) is 3.16. The van der Waals surface area contributed by atoms with E-state index in [0.29, 0.717) is 0 Å². The molecule has 0 spiro atoms. The fourth-order valence-electron chi connectivity index (χ4n) is 1.85. The van der Waals surface area contributed by atoms with Crippen LogP contribution in [0, 0.1) is 5.92 Å². The summed E-state index contributed by atoms with van der Waals surface area (Å²) in [7, 11) is 0. The van der Waals surface area contributed by atoms with E-state index in [1.165, 1.54) is 12.8 Å². The molecular formula is C20H32O2. The van der Waals surface area contributed by atoms with Crippen LogP contribution in [0.15, 0.2) is 48.6 Å². The Morgan fingerprint density at radius 1 is 0.818 bits per heavy atom. The molecule has 0 saturated carbocycles. The lowest BCUT2D eigenvalue weighted by Crippen LogP contribution is -1.92. The topological polar surface area (TPSA) is 37.3 Å². The molecule has 0 aromatic carbocycles. The van der Waals surface area contributed by atoms with Crippen molar-refractivity contribution in [2.75, 3.05) is 0 Å². The fraction of sp³-hybridized carbons (Fsp3) is 0.550. The molecule has 0 rings (SSSR count). The molecule has 0 fully saturated rings. The minimum atomic E-state index is -0.713. The number of aliphatic carboxylic acids is 1. The number of hydrogen-bond acceptors (Lipinski definition) is 1. The third kappa shape index (κ3) is 18.4. The molecular weight excluding hydrogens is 272 g/mol. The first kappa shape index (κ1) is 20.4. The van der Waals surface area contributed by atoms with Crippen LogP contribution in [0.4, 0.5) is 0 Å². The van der Waals surface area contributed by atoms with Crippen molar-refractivity contribution < 1.29 is 9.90 Å². The van der Waals surface area contributed by atoms with Crippen LogP contribution in [0.25, 0.3) is 0 Å². The number of hydrogen-bond donors (Lipinski definition) is 1. The van der Waals surface area contributed by atoms with Crippen LogP contribution in [-0.2, 0) is 4.79 Å². The normalized spacial score (nSPS) is 12.7. The molecule has 0 saturated heterocycles. The first-order valence-electron chi connectivity index (χ1n) is 8.44. The molecule has 0 radical (unpaired) electrons. The summed E-state index contributed by atoms with van der Waals surface area (Å²) in [6, 6.07) is 0. The summed E-state index contributed by atoms with van der Waals surface area (Å²) >= 11 is 0. The first-order valence-corrected chi connectivity index (χ1v) is 8.44. The fourth-order valence-corrected chi connectivity index (χ4v) is 1.85. The van der Waals surface area contributed by atoms with Gasteiger partial charge in [0.15, 0.2) is 0 Å². The van der Waals surface area contributed by atoms with E-state index in [0.717, 1.165) is 38.0 Å². The van der Waals surface area contributed by atoms with Crippen molar-refractivity contribution in [2.24, 2.45) is 5.92 Å². The second kappa shape index (κ2) is 15.8. The summed E-state index contributed by atoms with van der Waals surface area (Å²) in [6.45, 7) is 4.51. The average Bonchev–Trinajstić information content (AvgIpc) is 2.46. The second-order valence-corrected chi connectivity index (χ2v) is 5.85. The van der Waals surface area contributed by atoms with E-state index >= 15 is 0 Å². The van der Waals surface area contributed by atoms with E-state index in [9.17, 15) is 4.79 Å². The first-order chi connectivity index (χ1) is 10.6. The molecule has 124 valence electrons. The lowest BCUT2D eigenvalue weighted by Gasteiger charge is -1.98. The molecule has 0 aromatic rings. The summed E-state index contributed by atoms with van der Waals surface area (Å²) in [5.41, 5.74) is 0. The van der Waals surface area contributed by atoms with Gasteiger partial charge in [-0.1, -0.05) is 62.5 Å². The van der Waals surface area contributed by atoms with Gasteiger partial charge in [-0.3, -0.25) is 4.79 Å². The van der Waals surface area contributed by atoms with E-state index in [2.05, 4.69) is 62.5 Å². The molecule has 2 nitrogen and oxygen atoms in total. The smallest absolute Gasteiger partial charge is 0.303 e. The molecule has 0 aliphatic rings. The zero-order valence-corrected chi connectivity index (χ0v) is 14.2. The summed E-state index contributed by atoms with van der Waals surface area (Å²) < 4.78 is 0. The number of rotatable bonds is 13. The maximum absolute atomic E-state index is 10.3. The molecule has 0 bridgehead atoms. The standard InChI is InChI=1S/C20H32O2/c1-19(2)17-15-13-11-9-7-5-3-4-6-8-10-12-14-16-18-20(21)22/h4-7,10-13,19H,3,8-9,14-18H2,1-2H3,(H,21,22). The number of carbonyl (C=O) groups is 1. The van der Waals surface area contributed by atoms with Crippen LogP contribution >= 0.6 is 0 Å². The summed E-state index contributed by atoms with van der Waals surface area (Å²) in [5, 5.41) is 8.49. The lowest BCUT2D eigenvalue weighted by molar-refractivity contribution is -0.137. The zero-order valence-electron chi connectivity index (χ0n) is 14.2. The Morgan fingerprint density at radius 2 is 1.27 bits per heavy atom. The van der Waals surface area contributed by atoms with Crippen molar-refractivity contribution in [3.63, 3.8) is 0 Å². The van der Waals surface area contributed by atoms with Crippen molar-refractivity contribution in [2.45, 2.75) is 65.2 Å². The van der Waals surface area contributed by atoms with Crippen molar-refractivity contribution >= 4 is 5.97 Å². The molecule has 0 atom stereocenters. The van der Waals surface area contributed by atoms with Crippen LogP contribution in [0.2, 0.25) is 0 Å². The van der Waals surface area contributed by atoms with Gasteiger partial charge >= 0.3 is 5.97 Å². The van der Waals surface area contributed by atoms with Crippen LogP contribution < -0.4 is 0 Å². The third-order valence-corrected chi connectivity index (χ3v) is 3.16. The van der Waals surface area contributed by atoms with Gasteiger partial charge in [0.1, 0.15) is 0 Å². The van der Waals surface area contributed by atoms with Crippen LogP contribution in [0.5, 0.6) is 0 Å². The van der Waals surface area contributed by atoms with Gasteiger partial charge in [-0.05, 0) is 50.9 Å². The number of carboxylic acids is 1. The molecule has 1 N–H and O–H groups in total. The Morgan fingerprint density at radius 3 is 1.73 bits per heavy atom. The van der Waals surface area contributed by atoms with Gasteiger partial charge in [-0.2, -0.15) is 0 Å². The second-order valence-electron chi connectivity index (χ2n) is 5.85. The van der Waals surface area contributed by atoms with Crippen molar-refractivity contribution in [3.8, 4) is 0 Å². The van der Waals surface area contributed by atoms with Crippen molar-refractivity contribution in [1.82, 2.24) is 0 Å². The zero-order chi connectivity index (χ0) is 16.5. The minimum absolute atomic E-state index is 0.261. The van der Waals surface area contributed by atoms with E-state index in [1.807, 2.05) is 0 Å². The monoisotopic (exact) mass is 304 g/mol. The highest BCUT2D eigenvalue weighted by molar-refractivity contribution is 5.66. The highest BCUT2D eigenvalue weighted by Gasteiger charge is 1.92. The highest BCUT2D eigenvalue weighted by Crippen LogP contribution is 2.04. The van der Waals surface area contributed by atoms with Gasteiger partial charge < -0.3 is 5.11 Å². The molecule has 0 heterocycles. The number of carboxylic acid groups (broad SMARTS) is 1. The van der Waals surface area contributed by atoms with E-state index in [-0.39, 0.29) is 6.42 Å². The molecule has 2 heteroatoms. The van der Waals surface area contributed by atoms with E-state index < -0.39 is 5.97 Å². The summed E-state index contributed by atoms with van der Waals surface area (Å²) in [4.78, 5) is 10.3. The molecule has 0 amide bonds. The van der Waals surface area contributed by atoms with Gasteiger partial charge in [-0.25, -0.2) is 0 Å². The van der Waals surface area contributed by atoms with Crippen LogP contribution in [0.1, 0.15) is 65.2 Å². The Labute approximate surface area is 136 Å². The van der Waals surface area contributed by atoms with E-state index in [1.54, 1.807) is 0 Å². The van der Waals surface area contributed by atoms with Gasteiger partial charge in [0.05, 0.1) is 0 Å². The maximum Gasteiger partial charge on any atom is 0.303 e. The van der Waals surface area contributed by atoms with Gasteiger partial charge in [0, 0.05) is 6.42 Å². The Kier molecular flexibility index (Phi) is 14.7. The summed E-state index contributed by atoms with van der Waals surface area (Å²) in [6.07, 6.45) is 24.6. The molecule has 0 aliphatic heterocycles. The predicted octanol–water partition coefficient (Wildman–Crippen LogP) is 6.07. The Balaban J connectivity index is 3.44. The van der Waals surface area contributed by atoms with Crippen molar-refractivity contribution in [3.05, 3.63) is 48.6 Å². The highest BCUT2D eigenvalue weighted by atomic mass is 16.4. The van der Waals surface area contributed by atoms with Crippen LogP contribution in [-0.4, -0.2) is 11.1 Å². The van der Waals surface area contributed by atoms with E-state index in [4.69, 9.17) is 5.11 Å². The number of unbranched alkanes of at least 4 members (excludes halogenated alkanes) is 1. The average molecular weight is 304 g/mol. The molecule has 0 unspecified atom stereocenters. The number of allylic oxidation sites excluding steroid dienone is 8. The SMILES string of the molecule is CC(C)CCC=CCC=CCC=CCC=CCCCC(=O)O. The van der Waals surface area contributed by atoms with Gasteiger partial charge in [0.2, 0.25) is 0 Å². The Bertz CT molecular complexity index is 373. The molecule has 0 aromatic heterocycles. The maximum atomic E-state index is 10.3. The van der Waals surface area contributed by atoms with Gasteiger partial charge in [0.25, 0.3) is 0 Å². The Hall–Kier alpha value is -1.57. The quantitative estimate of drug-likeness (QED) is 0.331. The van der Waals surface area contributed by atoms with Crippen molar-refractivity contribution in [1.29, 1.82) is 0 Å². The van der Waals surface area contributed by atoms with Crippen LogP contribution in [0.3, 0.4) is 0 Å².